The first-order chi connectivity index (χ1) is 6.75. The molecule has 2 rings (SSSR count). The van der Waals surface area contributed by atoms with Crippen molar-refractivity contribution in [2.45, 2.75) is 13.3 Å². The molecule has 1 amide bonds. The molecule has 1 N–H and O–H groups in total. The molecule has 5 heteroatoms. The molecule has 1 saturated heterocycles. The third kappa shape index (κ3) is 1.93. The van der Waals surface area contributed by atoms with Gasteiger partial charge in [0.1, 0.15) is 5.76 Å². The summed E-state index contributed by atoms with van der Waals surface area (Å²) in [5, 5.41) is 6.36. The van der Waals surface area contributed by atoms with E-state index in [1.54, 1.807) is 13.0 Å². The van der Waals surface area contributed by atoms with Crippen LogP contribution in [0.3, 0.4) is 0 Å². The summed E-state index contributed by atoms with van der Waals surface area (Å²) in [6, 6.07) is 1.69. The Hall–Kier alpha value is -1.36. The number of carbonyl (C=O) groups is 1. The Bertz CT molecular complexity index is 329. The molecular weight excluding hydrogens is 184 g/mol. The summed E-state index contributed by atoms with van der Waals surface area (Å²) in [6.07, 6.45) is 0.780. The lowest BCUT2D eigenvalue weighted by atomic mass is 10.1. The Balaban J connectivity index is 1.93. The van der Waals surface area contributed by atoms with E-state index < -0.39 is 0 Å². The van der Waals surface area contributed by atoms with Crippen molar-refractivity contribution in [1.82, 2.24) is 5.16 Å². The predicted molar refractivity (Wildman–Crippen MR) is 48.8 cm³/mol. The van der Waals surface area contributed by atoms with Crippen molar-refractivity contribution in [2.75, 3.05) is 18.5 Å². The molecule has 2 heterocycles. The van der Waals surface area contributed by atoms with Crippen molar-refractivity contribution >= 4 is 11.7 Å². The molecule has 0 aromatic carbocycles. The van der Waals surface area contributed by atoms with E-state index in [0.717, 1.165) is 6.42 Å². The lowest BCUT2D eigenvalue weighted by molar-refractivity contribution is -0.119. The average molecular weight is 196 g/mol. The Morgan fingerprint density at radius 3 is 3.14 bits per heavy atom. The van der Waals surface area contributed by atoms with Crippen LogP contribution in [0.2, 0.25) is 0 Å². The molecule has 5 nitrogen and oxygen atoms in total. The lowest BCUT2D eigenvalue weighted by Gasteiger charge is -2.05. The second-order valence-corrected chi connectivity index (χ2v) is 3.37. The number of nitrogens with one attached hydrogen (secondary N) is 1. The average Bonchev–Trinajstić information content (AvgIpc) is 2.75. The van der Waals surface area contributed by atoms with Crippen LogP contribution in [0.5, 0.6) is 0 Å². The van der Waals surface area contributed by atoms with Gasteiger partial charge in [0.2, 0.25) is 5.91 Å². The molecule has 1 atom stereocenters. The van der Waals surface area contributed by atoms with Gasteiger partial charge in [-0.05, 0) is 13.3 Å². The third-order valence-electron chi connectivity index (χ3n) is 2.18. The Morgan fingerprint density at radius 2 is 2.57 bits per heavy atom. The van der Waals surface area contributed by atoms with Crippen LogP contribution in [0, 0.1) is 12.8 Å². The molecule has 0 spiro atoms. The SMILES string of the molecule is Cc1cc(NC(=O)[C@H]2CCOC2)no1. The quantitative estimate of drug-likeness (QED) is 0.765. The third-order valence-corrected chi connectivity index (χ3v) is 2.18. The molecule has 1 aliphatic rings. The van der Waals surface area contributed by atoms with Crippen LogP contribution in [0.25, 0.3) is 0 Å². The number of aromatic nitrogens is 1. The molecule has 0 bridgehead atoms. The number of rotatable bonds is 2. The fourth-order valence-corrected chi connectivity index (χ4v) is 1.39. The summed E-state index contributed by atoms with van der Waals surface area (Å²) < 4.78 is 9.95. The topological polar surface area (TPSA) is 64.4 Å². The van der Waals surface area contributed by atoms with E-state index in [1.807, 2.05) is 0 Å². The van der Waals surface area contributed by atoms with Gasteiger partial charge in [-0.15, -0.1) is 0 Å². The molecule has 1 aromatic rings. The van der Waals surface area contributed by atoms with Gasteiger partial charge in [-0.25, -0.2) is 0 Å². The van der Waals surface area contributed by atoms with Crippen molar-refractivity contribution in [3.8, 4) is 0 Å². The largest absolute Gasteiger partial charge is 0.381 e. The second kappa shape index (κ2) is 3.79. The van der Waals surface area contributed by atoms with Gasteiger partial charge in [0, 0.05) is 12.7 Å². The van der Waals surface area contributed by atoms with Crippen LogP contribution < -0.4 is 5.32 Å². The van der Waals surface area contributed by atoms with Gasteiger partial charge in [0.25, 0.3) is 0 Å². The van der Waals surface area contributed by atoms with Crippen LogP contribution in [0.4, 0.5) is 5.82 Å². The van der Waals surface area contributed by atoms with Gasteiger partial charge in [0.15, 0.2) is 5.82 Å². The molecule has 14 heavy (non-hydrogen) atoms. The van der Waals surface area contributed by atoms with Crippen molar-refractivity contribution in [3.63, 3.8) is 0 Å². The first-order valence-corrected chi connectivity index (χ1v) is 4.57. The van der Waals surface area contributed by atoms with E-state index in [2.05, 4.69) is 10.5 Å². The monoisotopic (exact) mass is 196 g/mol. The number of hydrogen-bond acceptors (Lipinski definition) is 4. The molecule has 0 aliphatic carbocycles. The minimum absolute atomic E-state index is 0.0456. The van der Waals surface area contributed by atoms with Gasteiger partial charge < -0.3 is 14.6 Å². The molecule has 1 aliphatic heterocycles. The number of amides is 1. The maximum absolute atomic E-state index is 11.6. The highest BCUT2D eigenvalue weighted by molar-refractivity contribution is 5.91. The zero-order valence-electron chi connectivity index (χ0n) is 7.95. The maximum atomic E-state index is 11.6. The first-order valence-electron chi connectivity index (χ1n) is 4.57. The van der Waals surface area contributed by atoms with Crippen LogP contribution >= 0.6 is 0 Å². The highest BCUT2D eigenvalue weighted by Gasteiger charge is 2.23. The molecule has 1 aromatic heterocycles. The van der Waals surface area contributed by atoms with Crippen molar-refractivity contribution in [3.05, 3.63) is 11.8 Å². The zero-order valence-corrected chi connectivity index (χ0v) is 7.95. The zero-order chi connectivity index (χ0) is 9.97. The molecular formula is C9H12N2O3. The molecule has 0 unspecified atom stereocenters. The standard InChI is InChI=1S/C9H12N2O3/c1-6-4-8(11-14-6)10-9(12)7-2-3-13-5-7/h4,7H,2-3,5H2,1H3,(H,10,11,12)/t7-/m0/s1. The van der Waals surface area contributed by atoms with Gasteiger partial charge in [-0.3, -0.25) is 4.79 Å². The molecule has 0 saturated carbocycles. The van der Waals surface area contributed by atoms with E-state index in [0.29, 0.717) is 24.8 Å². The highest BCUT2D eigenvalue weighted by atomic mass is 16.5. The lowest BCUT2D eigenvalue weighted by Crippen LogP contribution is -2.22. The van der Waals surface area contributed by atoms with Crippen LogP contribution in [-0.4, -0.2) is 24.3 Å². The van der Waals surface area contributed by atoms with Crippen LogP contribution in [-0.2, 0) is 9.53 Å². The van der Waals surface area contributed by atoms with E-state index in [-0.39, 0.29) is 11.8 Å². The van der Waals surface area contributed by atoms with E-state index in [4.69, 9.17) is 9.26 Å². The Kier molecular flexibility index (Phi) is 2.49. The first kappa shape index (κ1) is 9.21. The van der Waals surface area contributed by atoms with Gasteiger partial charge in [-0.1, -0.05) is 5.16 Å². The molecule has 76 valence electrons. The molecule has 0 radical (unpaired) electrons. The second-order valence-electron chi connectivity index (χ2n) is 3.37. The van der Waals surface area contributed by atoms with Crippen LogP contribution in [0.15, 0.2) is 10.6 Å². The normalized spacial score (nSPS) is 21.1. The summed E-state index contributed by atoms with van der Waals surface area (Å²) >= 11 is 0. The summed E-state index contributed by atoms with van der Waals surface area (Å²) in [5.74, 6) is 1.06. The van der Waals surface area contributed by atoms with E-state index in [9.17, 15) is 4.79 Å². The Labute approximate surface area is 81.4 Å². The number of ether oxygens (including phenoxy) is 1. The van der Waals surface area contributed by atoms with Crippen molar-refractivity contribution < 1.29 is 14.1 Å². The maximum Gasteiger partial charge on any atom is 0.231 e. The van der Waals surface area contributed by atoms with Gasteiger partial charge >= 0.3 is 0 Å². The number of anilines is 1. The molecule has 1 fully saturated rings. The van der Waals surface area contributed by atoms with Crippen LogP contribution in [0.1, 0.15) is 12.2 Å². The van der Waals surface area contributed by atoms with Gasteiger partial charge in [0.05, 0.1) is 12.5 Å². The fraction of sp³-hybridized carbons (Fsp3) is 0.556. The smallest absolute Gasteiger partial charge is 0.231 e. The summed E-state index contributed by atoms with van der Waals surface area (Å²) in [7, 11) is 0. The summed E-state index contributed by atoms with van der Waals surface area (Å²) in [4.78, 5) is 11.6. The van der Waals surface area contributed by atoms with E-state index in [1.165, 1.54) is 0 Å². The minimum Gasteiger partial charge on any atom is -0.381 e. The summed E-state index contributed by atoms with van der Waals surface area (Å²) in [5.41, 5.74) is 0. The summed E-state index contributed by atoms with van der Waals surface area (Å²) in [6.45, 7) is 2.94. The van der Waals surface area contributed by atoms with Crippen molar-refractivity contribution in [2.24, 2.45) is 5.92 Å². The van der Waals surface area contributed by atoms with Gasteiger partial charge in [-0.2, -0.15) is 0 Å². The number of carbonyl (C=O) groups excluding carboxylic acids is 1. The number of nitrogens with zero attached hydrogens (tertiary/aromatic N) is 1. The minimum atomic E-state index is -0.0491. The number of aryl methyl sites for hydroxylation is 1. The number of hydrogen-bond donors (Lipinski definition) is 1. The van der Waals surface area contributed by atoms with E-state index >= 15 is 0 Å². The predicted octanol–water partition coefficient (Wildman–Crippen LogP) is 0.958. The Morgan fingerprint density at radius 1 is 1.71 bits per heavy atom. The van der Waals surface area contributed by atoms with Crippen molar-refractivity contribution in [1.29, 1.82) is 0 Å². The highest BCUT2D eigenvalue weighted by Crippen LogP contribution is 2.15. The fourth-order valence-electron chi connectivity index (χ4n) is 1.39.